The number of hydrogen-bond acceptors (Lipinski definition) is 3. The first-order valence-electron chi connectivity index (χ1n) is 10.0. The van der Waals surface area contributed by atoms with Gasteiger partial charge in [0.05, 0.1) is 5.92 Å². The topological polar surface area (TPSA) is 78.5 Å². The summed E-state index contributed by atoms with van der Waals surface area (Å²) in [5.74, 6) is -0.682. The van der Waals surface area contributed by atoms with Crippen molar-refractivity contribution in [3.8, 4) is 0 Å². The van der Waals surface area contributed by atoms with Crippen molar-refractivity contribution < 1.29 is 14.4 Å². The molecule has 0 spiro atoms. The van der Waals surface area contributed by atoms with Gasteiger partial charge in [-0.3, -0.25) is 14.4 Å². The SMILES string of the molecule is CCC(C)NC(=O)c1cccc(CNC(=O)C2CC(=O)N(c3ccccc3)C2)c1. The lowest BCUT2D eigenvalue weighted by Crippen LogP contribution is -2.33. The Bertz CT molecular complexity index is 882. The molecule has 152 valence electrons. The molecule has 2 N–H and O–H groups in total. The van der Waals surface area contributed by atoms with Gasteiger partial charge in [-0.1, -0.05) is 37.3 Å². The molecule has 1 saturated heterocycles. The summed E-state index contributed by atoms with van der Waals surface area (Å²) < 4.78 is 0. The quantitative estimate of drug-likeness (QED) is 0.759. The van der Waals surface area contributed by atoms with Gasteiger partial charge in [0.25, 0.3) is 5.91 Å². The Labute approximate surface area is 171 Å². The number of amides is 3. The Morgan fingerprint density at radius 1 is 1.14 bits per heavy atom. The summed E-state index contributed by atoms with van der Waals surface area (Å²) in [6.45, 7) is 4.68. The Morgan fingerprint density at radius 2 is 1.90 bits per heavy atom. The normalized spacial score (nSPS) is 17.1. The van der Waals surface area contributed by atoms with Crippen LogP contribution in [0.4, 0.5) is 5.69 Å². The predicted molar refractivity (Wildman–Crippen MR) is 112 cm³/mol. The molecule has 2 aromatic rings. The summed E-state index contributed by atoms with van der Waals surface area (Å²) in [7, 11) is 0. The molecule has 0 radical (unpaired) electrons. The minimum absolute atomic E-state index is 0.0416. The van der Waals surface area contributed by atoms with E-state index in [4.69, 9.17) is 0 Å². The summed E-state index contributed by atoms with van der Waals surface area (Å²) in [6.07, 6.45) is 1.07. The maximum atomic E-state index is 12.6. The Balaban J connectivity index is 1.56. The molecular formula is C23H27N3O3. The third-order valence-electron chi connectivity index (χ3n) is 5.21. The lowest BCUT2D eigenvalue weighted by Gasteiger charge is -2.16. The Morgan fingerprint density at radius 3 is 2.62 bits per heavy atom. The predicted octanol–water partition coefficient (Wildman–Crippen LogP) is 2.88. The van der Waals surface area contributed by atoms with E-state index in [0.29, 0.717) is 18.7 Å². The van der Waals surface area contributed by atoms with E-state index in [-0.39, 0.29) is 36.1 Å². The average Bonchev–Trinajstić information content (AvgIpc) is 3.14. The van der Waals surface area contributed by atoms with Gasteiger partial charge >= 0.3 is 0 Å². The second-order valence-electron chi connectivity index (χ2n) is 7.44. The number of para-hydroxylation sites is 1. The van der Waals surface area contributed by atoms with E-state index in [1.165, 1.54) is 0 Å². The van der Waals surface area contributed by atoms with Crippen LogP contribution in [0.2, 0.25) is 0 Å². The minimum Gasteiger partial charge on any atom is -0.352 e. The fraction of sp³-hybridized carbons (Fsp3) is 0.348. The van der Waals surface area contributed by atoms with Gasteiger partial charge in [-0.05, 0) is 43.2 Å². The van der Waals surface area contributed by atoms with Gasteiger partial charge < -0.3 is 15.5 Å². The third kappa shape index (κ3) is 5.22. The zero-order chi connectivity index (χ0) is 20.8. The monoisotopic (exact) mass is 393 g/mol. The molecule has 0 bridgehead atoms. The van der Waals surface area contributed by atoms with Crippen molar-refractivity contribution in [3.63, 3.8) is 0 Å². The van der Waals surface area contributed by atoms with Gasteiger partial charge in [0.15, 0.2) is 0 Å². The van der Waals surface area contributed by atoms with Gasteiger partial charge in [-0.25, -0.2) is 0 Å². The molecule has 0 aromatic heterocycles. The lowest BCUT2D eigenvalue weighted by atomic mass is 10.1. The highest BCUT2D eigenvalue weighted by molar-refractivity contribution is 6.00. The largest absolute Gasteiger partial charge is 0.352 e. The maximum Gasteiger partial charge on any atom is 0.251 e. The highest BCUT2D eigenvalue weighted by Crippen LogP contribution is 2.24. The summed E-state index contributed by atoms with van der Waals surface area (Å²) in [5, 5.41) is 5.84. The molecule has 2 unspecified atom stereocenters. The third-order valence-corrected chi connectivity index (χ3v) is 5.21. The van der Waals surface area contributed by atoms with Crippen molar-refractivity contribution in [2.45, 2.75) is 39.3 Å². The van der Waals surface area contributed by atoms with Crippen molar-refractivity contribution in [1.82, 2.24) is 10.6 Å². The van der Waals surface area contributed by atoms with Crippen LogP contribution in [0.15, 0.2) is 54.6 Å². The minimum atomic E-state index is -0.375. The van der Waals surface area contributed by atoms with Gasteiger partial charge in [-0.15, -0.1) is 0 Å². The van der Waals surface area contributed by atoms with Crippen LogP contribution in [0.5, 0.6) is 0 Å². The van der Waals surface area contributed by atoms with Crippen LogP contribution in [0, 0.1) is 5.92 Å². The zero-order valence-corrected chi connectivity index (χ0v) is 16.9. The molecule has 1 heterocycles. The first-order valence-corrected chi connectivity index (χ1v) is 10.0. The van der Waals surface area contributed by atoms with Crippen molar-refractivity contribution in [3.05, 3.63) is 65.7 Å². The van der Waals surface area contributed by atoms with Crippen molar-refractivity contribution in [2.24, 2.45) is 5.92 Å². The number of hydrogen-bond donors (Lipinski definition) is 2. The molecule has 2 atom stereocenters. The summed E-state index contributed by atoms with van der Waals surface area (Å²) in [5.41, 5.74) is 2.23. The van der Waals surface area contributed by atoms with E-state index in [1.54, 1.807) is 17.0 Å². The fourth-order valence-corrected chi connectivity index (χ4v) is 3.31. The molecule has 6 heteroatoms. The Kier molecular flexibility index (Phi) is 6.65. The van der Waals surface area contributed by atoms with Crippen LogP contribution in [0.25, 0.3) is 0 Å². The van der Waals surface area contributed by atoms with Crippen LogP contribution in [-0.2, 0) is 16.1 Å². The highest BCUT2D eigenvalue weighted by atomic mass is 16.2. The number of anilines is 1. The molecule has 3 rings (SSSR count). The summed E-state index contributed by atoms with van der Waals surface area (Å²) >= 11 is 0. The number of carbonyl (C=O) groups excluding carboxylic acids is 3. The lowest BCUT2D eigenvalue weighted by molar-refractivity contribution is -0.126. The number of benzene rings is 2. The highest BCUT2D eigenvalue weighted by Gasteiger charge is 2.34. The zero-order valence-electron chi connectivity index (χ0n) is 16.9. The second kappa shape index (κ2) is 9.37. The molecule has 0 saturated carbocycles. The standard InChI is InChI=1S/C23H27N3O3/c1-3-16(2)25-23(29)18-9-7-8-17(12-18)14-24-22(28)19-13-21(27)26(15-19)20-10-5-4-6-11-20/h4-12,16,19H,3,13-15H2,1-2H3,(H,24,28)(H,25,29). The first-order chi connectivity index (χ1) is 14.0. The molecular weight excluding hydrogens is 366 g/mol. The molecule has 0 aliphatic carbocycles. The van der Waals surface area contributed by atoms with E-state index in [1.807, 2.05) is 56.3 Å². The van der Waals surface area contributed by atoms with Crippen LogP contribution >= 0.6 is 0 Å². The van der Waals surface area contributed by atoms with E-state index < -0.39 is 0 Å². The fourth-order valence-electron chi connectivity index (χ4n) is 3.31. The summed E-state index contributed by atoms with van der Waals surface area (Å²) in [4.78, 5) is 38.8. The summed E-state index contributed by atoms with van der Waals surface area (Å²) in [6, 6.07) is 16.7. The van der Waals surface area contributed by atoms with E-state index in [2.05, 4.69) is 10.6 Å². The van der Waals surface area contributed by atoms with Crippen molar-refractivity contribution >= 4 is 23.4 Å². The van der Waals surface area contributed by atoms with Crippen LogP contribution in [-0.4, -0.2) is 30.3 Å². The molecule has 2 aromatic carbocycles. The Hall–Kier alpha value is -3.15. The maximum absolute atomic E-state index is 12.6. The molecule has 29 heavy (non-hydrogen) atoms. The molecule has 1 aliphatic rings. The average molecular weight is 393 g/mol. The number of carbonyl (C=O) groups is 3. The molecule has 1 aliphatic heterocycles. The van der Waals surface area contributed by atoms with Gasteiger partial charge in [0, 0.05) is 36.8 Å². The number of nitrogens with zero attached hydrogens (tertiary/aromatic N) is 1. The van der Waals surface area contributed by atoms with E-state index in [9.17, 15) is 14.4 Å². The van der Waals surface area contributed by atoms with Gasteiger partial charge in [-0.2, -0.15) is 0 Å². The first kappa shape index (κ1) is 20.6. The van der Waals surface area contributed by atoms with Crippen molar-refractivity contribution in [1.29, 1.82) is 0 Å². The molecule has 1 fully saturated rings. The smallest absolute Gasteiger partial charge is 0.251 e. The van der Waals surface area contributed by atoms with Crippen LogP contribution in [0.1, 0.15) is 42.6 Å². The molecule has 6 nitrogen and oxygen atoms in total. The van der Waals surface area contributed by atoms with Crippen LogP contribution in [0.3, 0.4) is 0 Å². The van der Waals surface area contributed by atoms with Crippen LogP contribution < -0.4 is 15.5 Å². The van der Waals surface area contributed by atoms with E-state index >= 15 is 0 Å². The van der Waals surface area contributed by atoms with Crippen molar-refractivity contribution in [2.75, 3.05) is 11.4 Å². The molecule has 3 amide bonds. The van der Waals surface area contributed by atoms with Gasteiger partial charge in [0.2, 0.25) is 11.8 Å². The number of rotatable bonds is 7. The van der Waals surface area contributed by atoms with Gasteiger partial charge in [0.1, 0.15) is 0 Å². The number of nitrogens with one attached hydrogen (secondary N) is 2. The second-order valence-corrected chi connectivity index (χ2v) is 7.44. The van der Waals surface area contributed by atoms with E-state index in [0.717, 1.165) is 17.7 Å².